The van der Waals surface area contributed by atoms with Gasteiger partial charge in [0.1, 0.15) is 6.61 Å². The zero-order chi connectivity index (χ0) is 58.1. The Morgan fingerprint density at radius 3 is 1.44 bits per heavy atom. The summed E-state index contributed by atoms with van der Waals surface area (Å²) in [4.78, 5) is 88.2. The number of anilines is 1. The first-order valence-electron chi connectivity index (χ1n) is 27.7. The van der Waals surface area contributed by atoms with Gasteiger partial charge in [0, 0.05) is 62.8 Å². The Kier molecular flexibility index (Phi) is 42.9. The number of carbonyl (C=O) groups excluding carboxylic acids is 7. The molecular formula is C54H91N7O19. The number of Topliss-reactive ketones (excluding diaryl/α,β-unsaturated/α-hetero) is 1. The van der Waals surface area contributed by atoms with Crippen molar-refractivity contribution in [3.05, 3.63) is 42.0 Å². The van der Waals surface area contributed by atoms with E-state index in [9.17, 15) is 33.6 Å². The fourth-order valence-corrected chi connectivity index (χ4v) is 7.24. The van der Waals surface area contributed by atoms with Gasteiger partial charge in [0.15, 0.2) is 5.78 Å². The fraction of sp³-hybridized carbons (Fsp3) is 0.722. The van der Waals surface area contributed by atoms with Crippen LogP contribution in [0.3, 0.4) is 0 Å². The summed E-state index contributed by atoms with van der Waals surface area (Å²) >= 11 is 0. The highest BCUT2D eigenvalue weighted by Crippen LogP contribution is 2.20. The van der Waals surface area contributed by atoms with Crippen molar-refractivity contribution in [2.75, 3.05) is 177 Å². The molecule has 0 unspecified atom stereocenters. The molecular weight excluding hydrogens is 1050 g/mol. The predicted octanol–water partition coefficient (Wildman–Crippen LogP) is 1.64. The highest BCUT2D eigenvalue weighted by molar-refractivity contribution is 6.12. The third-order valence-electron chi connectivity index (χ3n) is 11.5. The normalized spacial score (nSPS) is 13.0. The number of hydrogen-bond donors (Lipinski definition) is 6. The van der Waals surface area contributed by atoms with Crippen molar-refractivity contribution in [2.24, 2.45) is 23.3 Å². The molecule has 1 aliphatic rings. The highest BCUT2D eigenvalue weighted by Gasteiger charge is 2.30. The molecule has 2 atom stereocenters. The number of imide groups is 1. The topological polar surface area (TPSA) is 334 Å². The van der Waals surface area contributed by atoms with E-state index in [1.54, 1.807) is 38.1 Å². The van der Waals surface area contributed by atoms with E-state index < -0.39 is 30.0 Å². The number of ether oxygens (including phenoxy) is 12. The Hall–Kier alpha value is -5.23. The van der Waals surface area contributed by atoms with Crippen molar-refractivity contribution in [1.29, 1.82) is 0 Å². The molecule has 8 N–H and O–H groups in total. The monoisotopic (exact) mass is 1140 g/mol. The second kappa shape index (κ2) is 48.5. The van der Waals surface area contributed by atoms with Crippen molar-refractivity contribution in [3.8, 4) is 0 Å². The van der Waals surface area contributed by atoms with Crippen molar-refractivity contribution >= 4 is 47.2 Å². The molecule has 0 fully saturated rings. The smallest absolute Gasteiger partial charge is 0.407 e. The summed E-state index contributed by atoms with van der Waals surface area (Å²) in [7, 11) is 0. The minimum atomic E-state index is -0.839. The van der Waals surface area contributed by atoms with Crippen LogP contribution in [0.4, 0.5) is 15.3 Å². The number of hydrogen-bond acceptors (Lipinski definition) is 20. The van der Waals surface area contributed by atoms with Crippen LogP contribution < -0.4 is 32.7 Å². The van der Waals surface area contributed by atoms with E-state index in [4.69, 9.17) is 68.3 Å². The maximum absolute atomic E-state index is 13.6. The molecule has 1 heterocycles. The number of urea groups is 1. The number of primary amides is 1. The zero-order valence-corrected chi connectivity index (χ0v) is 47.1. The lowest BCUT2D eigenvalue weighted by Gasteiger charge is -2.24. The minimum Gasteiger partial charge on any atom is -0.445 e. The number of alkyl carbamates (subject to hydrolysis) is 1. The summed E-state index contributed by atoms with van der Waals surface area (Å²) in [6.07, 6.45) is 4.07. The molecule has 0 aliphatic carbocycles. The summed E-state index contributed by atoms with van der Waals surface area (Å²) in [5.41, 5.74) is 11.7. The lowest BCUT2D eigenvalue weighted by molar-refractivity contribution is -0.137. The first kappa shape index (κ1) is 70.9. The molecule has 1 aromatic rings. The van der Waals surface area contributed by atoms with Crippen LogP contribution in [0.15, 0.2) is 36.4 Å². The highest BCUT2D eigenvalue weighted by atomic mass is 16.6. The predicted molar refractivity (Wildman–Crippen MR) is 292 cm³/mol. The Morgan fingerprint density at radius 1 is 0.550 bits per heavy atom. The number of ketones is 1. The maximum Gasteiger partial charge on any atom is 0.407 e. The molecule has 80 heavy (non-hydrogen) atoms. The van der Waals surface area contributed by atoms with Crippen LogP contribution >= 0.6 is 0 Å². The Labute approximate surface area is 470 Å². The van der Waals surface area contributed by atoms with Crippen LogP contribution in [0.1, 0.15) is 64.4 Å². The molecule has 26 heteroatoms. The zero-order valence-electron chi connectivity index (χ0n) is 47.1. The van der Waals surface area contributed by atoms with Gasteiger partial charge < -0.3 is 89.6 Å². The number of amides is 7. The lowest BCUT2D eigenvalue weighted by Crippen LogP contribution is -2.45. The second-order valence-electron chi connectivity index (χ2n) is 18.3. The van der Waals surface area contributed by atoms with E-state index in [0.717, 1.165) is 4.90 Å². The van der Waals surface area contributed by atoms with Crippen LogP contribution in [0.25, 0.3) is 0 Å². The molecule has 0 bridgehead atoms. The first-order valence-corrected chi connectivity index (χ1v) is 27.7. The average molecular weight is 1140 g/mol. The van der Waals surface area contributed by atoms with Gasteiger partial charge in [-0.3, -0.25) is 28.9 Å². The van der Waals surface area contributed by atoms with Gasteiger partial charge in [0.25, 0.3) is 11.8 Å². The molecule has 7 amide bonds. The maximum atomic E-state index is 13.6. The van der Waals surface area contributed by atoms with Crippen LogP contribution in [0.5, 0.6) is 0 Å². The van der Waals surface area contributed by atoms with Crippen molar-refractivity contribution in [3.63, 3.8) is 0 Å². The summed E-state index contributed by atoms with van der Waals surface area (Å²) in [6, 6.07) is 5.13. The van der Waals surface area contributed by atoms with Crippen molar-refractivity contribution < 1.29 is 90.4 Å². The van der Waals surface area contributed by atoms with E-state index in [0.29, 0.717) is 182 Å². The van der Waals surface area contributed by atoms with E-state index in [1.165, 1.54) is 12.2 Å². The number of carbonyl (C=O) groups is 7. The molecule has 0 saturated heterocycles. The SMILES string of the molecule is CC(C)[C@H](NC(=O)CCCCCN1C(=O)C=CC1=O)C(=O)C[C@@H](CCCNC(N)=O)C(=O)Nc1ccc(COC(=O)NCCOCCOCCOCCOCCOCCOCCOCCOCCOCCOCCOCCN)cc1. The first-order chi connectivity index (χ1) is 38.9. The summed E-state index contributed by atoms with van der Waals surface area (Å²) in [5.74, 6) is -2.81. The van der Waals surface area contributed by atoms with Crippen molar-refractivity contribution in [1.82, 2.24) is 20.9 Å². The van der Waals surface area contributed by atoms with E-state index in [2.05, 4.69) is 21.3 Å². The number of nitrogens with two attached hydrogens (primary N) is 2. The van der Waals surface area contributed by atoms with Crippen LogP contribution in [-0.2, 0) is 87.4 Å². The second-order valence-corrected chi connectivity index (χ2v) is 18.3. The molecule has 2 rings (SSSR count). The molecule has 456 valence electrons. The number of nitrogens with one attached hydrogen (secondary N) is 4. The summed E-state index contributed by atoms with van der Waals surface area (Å²) in [6.45, 7) is 14.7. The molecule has 1 aromatic carbocycles. The van der Waals surface area contributed by atoms with Crippen molar-refractivity contribution in [2.45, 2.75) is 71.4 Å². The number of nitrogens with zero attached hydrogens (tertiary/aromatic N) is 1. The third kappa shape index (κ3) is 38.4. The largest absolute Gasteiger partial charge is 0.445 e. The minimum absolute atomic E-state index is 0.0286. The van der Waals surface area contributed by atoms with Gasteiger partial charge in [-0.05, 0) is 49.3 Å². The van der Waals surface area contributed by atoms with E-state index in [1.807, 2.05) is 0 Å². The van der Waals surface area contributed by atoms with Gasteiger partial charge in [-0.15, -0.1) is 0 Å². The molecule has 0 saturated carbocycles. The fourth-order valence-electron chi connectivity index (χ4n) is 7.24. The van der Waals surface area contributed by atoms with Gasteiger partial charge >= 0.3 is 12.1 Å². The molecule has 0 spiro atoms. The van der Waals surface area contributed by atoms with Gasteiger partial charge in [-0.25, -0.2) is 9.59 Å². The average Bonchev–Trinajstić information content (AvgIpc) is 3.76. The molecule has 1 aliphatic heterocycles. The Morgan fingerprint density at radius 2 is 1.00 bits per heavy atom. The summed E-state index contributed by atoms with van der Waals surface area (Å²) in [5, 5.41) is 10.8. The van der Waals surface area contributed by atoms with Gasteiger partial charge in [-0.2, -0.15) is 0 Å². The van der Waals surface area contributed by atoms with Crippen LogP contribution in [-0.4, -0.2) is 224 Å². The van der Waals surface area contributed by atoms with E-state index in [-0.39, 0.29) is 81.5 Å². The van der Waals surface area contributed by atoms with Crippen LogP contribution in [0.2, 0.25) is 0 Å². The molecule has 0 radical (unpaired) electrons. The molecule has 0 aromatic heterocycles. The van der Waals surface area contributed by atoms with Crippen LogP contribution in [0, 0.1) is 11.8 Å². The summed E-state index contributed by atoms with van der Waals surface area (Å²) < 4.78 is 65.3. The number of benzene rings is 1. The quantitative estimate of drug-likeness (QED) is 0.0399. The van der Waals surface area contributed by atoms with Gasteiger partial charge in [-0.1, -0.05) is 32.4 Å². The Balaban J connectivity index is 1.45. The Bertz CT molecular complexity index is 1850. The van der Waals surface area contributed by atoms with Gasteiger partial charge in [0.05, 0.1) is 151 Å². The number of rotatable bonds is 54. The third-order valence-corrected chi connectivity index (χ3v) is 11.5. The lowest BCUT2D eigenvalue weighted by atomic mass is 9.89. The standard InChI is InChI=1S/C54H91N7O19/c1-43(2)51(60-48(63)8-4-3-5-18-61-49(64)13-14-50(61)65)47(62)41-45(7-6-16-57-53(56)67)52(66)59-46-11-9-44(10-12-46)42-80-54(68)58-17-20-70-22-24-72-26-28-74-30-32-76-34-36-78-38-40-79-39-37-77-35-33-75-31-29-73-27-25-71-23-21-69-19-15-55/h9-14,43,45,51H,3-8,15-42,55H2,1-2H3,(H,58,68)(H,59,66)(H,60,63)(H3,56,57,67)/t45-,51+/m1/s1. The van der Waals surface area contributed by atoms with E-state index >= 15 is 0 Å². The number of unbranched alkanes of at least 4 members (excludes halogenated alkanes) is 2. The van der Waals surface area contributed by atoms with Gasteiger partial charge in [0.2, 0.25) is 11.8 Å². The molecule has 26 nitrogen and oxygen atoms in total.